The van der Waals surface area contributed by atoms with Crippen LogP contribution in [0.5, 0.6) is 0 Å². The van der Waals surface area contributed by atoms with Crippen LogP contribution in [0.1, 0.15) is 77.6 Å². The van der Waals surface area contributed by atoms with Crippen molar-refractivity contribution in [1.82, 2.24) is 20.9 Å². The number of fused-ring (bicyclic) bond motifs is 1. The van der Waals surface area contributed by atoms with Crippen molar-refractivity contribution in [2.24, 2.45) is 0 Å². The van der Waals surface area contributed by atoms with E-state index in [9.17, 15) is 19.2 Å². The van der Waals surface area contributed by atoms with Gasteiger partial charge in [0.1, 0.15) is 6.04 Å². The first kappa shape index (κ1) is 20.3. The van der Waals surface area contributed by atoms with Gasteiger partial charge in [-0.2, -0.15) is 0 Å². The molecule has 1 aromatic carbocycles. The maximum Gasteiger partial charge on any atom is 0.262 e. The topological polar surface area (TPSA) is 108 Å². The van der Waals surface area contributed by atoms with Crippen molar-refractivity contribution in [3.05, 3.63) is 34.9 Å². The highest BCUT2D eigenvalue weighted by Gasteiger charge is 2.45. The summed E-state index contributed by atoms with van der Waals surface area (Å²) in [4.78, 5) is 50.9. The molecule has 4 aliphatic rings. The van der Waals surface area contributed by atoms with E-state index in [2.05, 4.69) is 16.0 Å². The molecule has 8 nitrogen and oxygen atoms in total. The van der Waals surface area contributed by atoms with E-state index in [-0.39, 0.29) is 18.7 Å². The van der Waals surface area contributed by atoms with Gasteiger partial charge in [-0.25, -0.2) is 0 Å². The largest absolute Gasteiger partial charge is 0.311 e. The molecule has 3 fully saturated rings. The van der Waals surface area contributed by atoms with Crippen LogP contribution in [0.2, 0.25) is 0 Å². The van der Waals surface area contributed by atoms with Gasteiger partial charge in [-0.15, -0.1) is 0 Å². The summed E-state index contributed by atoms with van der Waals surface area (Å²) in [6.07, 6.45) is 7.33. The van der Waals surface area contributed by atoms with Gasteiger partial charge in [0.15, 0.2) is 0 Å². The van der Waals surface area contributed by atoms with Crippen LogP contribution in [0.15, 0.2) is 18.2 Å². The van der Waals surface area contributed by atoms with E-state index in [1.54, 1.807) is 12.1 Å². The Morgan fingerprint density at radius 3 is 2.55 bits per heavy atom. The Bertz CT molecular complexity index is 943. The molecule has 5 rings (SSSR count). The maximum absolute atomic E-state index is 13.2. The van der Waals surface area contributed by atoms with Crippen LogP contribution >= 0.6 is 0 Å². The van der Waals surface area contributed by atoms with Crippen molar-refractivity contribution in [2.75, 3.05) is 6.54 Å². The van der Waals surface area contributed by atoms with Gasteiger partial charge in [0.25, 0.3) is 11.8 Å². The van der Waals surface area contributed by atoms with Gasteiger partial charge in [-0.3, -0.25) is 29.4 Å². The minimum atomic E-state index is -0.931. The van der Waals surface area contributed by atoms with Crippen molar-refractivity contribution >= 4 is 23.6 Å². The van der Waals surface area contributed by atoms with Gasteiger partial charge < -0.3 is 10.6 Å². The van der Waals surface area contributed by atoms with Crippen LogP contribution in [0.4, 0.5) is 0 Å². The number of nitrogens with zero attached hydrogens (tertiary/aromatic N) is 1. The molecule has 1 saturated carbocycles. The Hall–Kier alpha value is -2.58. The number of rotatable bonds is 4. The first-order chi connectivity index (χ1) is 15.0. The highest BCUT2D eigenvalue weighted by atomic mass is 16.2. The molecule has 31 heavy (non-hydrogen) atoms. The number of hydrogen-bond donors (Lipinski definition) is 3. The summed E-state index contributed by atoms with van der Waals surface area (Å²) >= 11 is 0. The molecule has 8 heteroatoms. The summed E-state index contributed by atoms with van der Waals surface area (Å²) < 4.78 is 0. The number of benzene rings is 1. The minimum Gasteiger partial charge on any atom is -0.311 e. The number of nitrogens with one attached hydrogen (secondary N) is 3. The molecule has 1 aromatic rings. The zero-order chi connectivity index (χ0) is 21.6. The van der Waals surface area contributed by atoms with Crippen LogP contribution in [0.25, 0.3) is 0 Å². The van der Waals surface area contributed by atoms with Crippen LogP contribution in [-0.4, -0.2) is 52.7 Å². The van der Waals surface area contributed by atoms with E-state index in [1.807, 2.05) is 6.07 Å². The van der Waals surface area contributed by atoms with E-state index >= 15 is 0 Å². The smallest absolute Gasteiger partial charge is 0.262 e. The lowest BCUT2D eigenvalue weighted by Gasteiger charge is -2.38. The van der Waals surface area contributed by atoms with Crippen LogP contribution < -0.4 is 16.0 Å². The summed E-state index contributed by atoms with van der Waals surface area (Å²) in [7, 11) is 0. The fraction of sp³-hybridized carbons (Fsp3) is 0.565. The summed E-state index contributed by atoms with van der Waals surface area (Å²) in [5, 5.41) is 9.50. The Morgan fingerprint density at radius 1 is 1.03 bits per heavy atom. The van der Waals surface area contributed by atoms with Crippen molar-refractivity contribution in [3.8, 4) is 0 Å². The first-order valence-electron chi connectivity index (χ1n) is 11.3. The normalized spacial score (nSPS) is 30.8. The predicted molar refractivity (Wildman–Crippen MR) is 112 cm³/mol. The standard InChI is InChI=1S/C23H28N4O4/c28-18-6-5-17(20(29)26-18)27-21(30)16-4-1-3-14(19(16)22(27)31)13-24-15-7-10-23(11-8-15)9-2-12-25-23/h1,3-4,15,17,24-25H,2,5-13H2,(H,26,28,29). The Labute approximate surface area is 181 Å². The molecule has 1 spiro atoms. The zero-order valence-electron chi connectivity index (χ0n) is 17.5. The molecule has 164 valence electrons. The molecule has 0 radical (unpaired) electrons. The third kappa shape index (κ3) is 3.57. The second-order valence-electron chi connectivity index (χ2n) is 9.25. The van der Waals surface area contributed by atoms with E-state index in [0.717, 1.165) is 42.7 Å². The fourth-order valence-electron chi connectivity index (χ4n) is 5.66. The average Bonchev–Trinajstić information content (AvgIpc) is 3.32. The Kier molecular flexibility index (Phi) is 5.14. The maximum atomic E-state index is 13.2. The molecular formula is C23H28N4O4. The third-order valence-electron chi connectivity index (χ3n) is 7.41. The summed E-state index contributed by atoms with van der Waals surface area (Å²) in [6, 6.07) is 4.75. The number of imide groups is 2. The lowest BCUT2D eigenvalue weighted by molar-refractivity contribution is -0.136. The van der Waals surface area contributed by atoms with Gasteiger partial charge in [0, 0.05) is 24.5 Å². The third-order valence-corrected chi connectivity index (χ3v) is 7.41. The van der Waals surface area contributed by atoms with E-state index in [4.69, 9.17) is 0 Å². The molecule has 4 amide bonds. The fourth-order valence-corrected chi connectivity index (χ4v) is 5.66. The molecule has 1 aliphatic carbocycles. The van der Waals surface area contributed by atoms with E-state index in [1.165, 1.54) is 12.8 Å². The summed E-state index contributed by atoms with van der Waals surface area (Å²) in [5.41, 5.74) is 1.84. The molecule has 2 saturated heterocycles. The number of carbonyl (C=O) groups excluding carboxylic acids is 4. The number of amides is 4. The molecule has 0 bridgehead atoms. The molecule has 3 heterocycles. The zero-order valence-corrected chi connectivity index (χ0v) is 17.5. The number of carbonyl (C=O) groups is 4. The molecule has 1 unspecified atom stereocenters. The van der Waals surface area contributed by atoms with Crippen molar-refractivity contribution in [2.45, 2.75) is 75.5 Å². The van der Waals surface area contributed by atoms with Crippen LogP contribution in [0, 0.1) is 0 Å². The first-order valence-corrected chi connectivity index (χ1v) is 11.3. The van der Waals surface area contributed by atoms with Crippen molar-refractivity contribution in [1.29, 1.82) is 0 Å². The Balaban J connectivity index is 1.28. The highest BCUT2D eigenvalue weighted by Crippen LogP contribution is 2.35. The molecule has 1 atom stereocenters. The minimum absolute atomic E-state index is 0.121. The lowest BCUT2D eigenvalue weighted by atomic mass is 9.78. The van der Waals surface area contributed by atoms with E-state index in [0.29, 0.717) is 29.3 Å². The predicted octanol–water partition coefficient (Wildman–Crippen LogP) is 1.24. The lowest BCUT2D eigenvalue weighted by Crippen LogP contribution is -2.54. The van der Waals surface area contributed by atoms with Crippen LogP contribution in [-0.2, 0) is 16.1 Å². The monoisotopic (exact) mass is 424 g/mol. The molecular weight excluding hydrogens is 396 g/mol. The highest BCUT2D eigenvalue weighted by molar-refractivity contribution is 6.24. The van der Waals surface area contributed by atoms with Gasteiger partial charge >= 0.3 is 0 Å². The van der Waals surface area contributed by atoms with E-state index < -0.39 is 23.8 Å². The number of hydrogen-bond acceptors (Lipinski definition) is 6. The second kappa shape index (κ2) is 7.84. The molecule has 0 aromatic heterocycles. The molecule has 3 N–H and O–H groups in total. The van der Waals surface area contributed by atoms with Crippen molar-refractivity contribution < 1.29 is 19.2 Å². The van der Waals surface area contributed by atoms with Gasteiger partial charge in [0.05, 0.1) is 11.1 Å². The van der Waals surface area contributed by atoms with Gasteiger partial charge in [0.2, 0.25) is 11.8 Å². The summed E-state index contributed by atoms with van der Waals surface area (Å²) in [6.45, 7) is 1.63. The SMILES string of the molecule is O=C1CCC(N2C(=O)c3cccc(CNC4CCC5(CCCN5)CC4)c3C2=O)C(=O)N1. The number of piperidine rings is 1. The van der Waals surface area contributed by atoms with Crippen LogP contribution in [0.3, 0.4) is 0 Å². The molecule has 3 aliphatic heterocycles. The summed E-state index contributed by atoms with van der Waals surface area (Å²) in [5.74, 6) is -1.85. The van der Waals surface area contributed by atoms with Gasteiger partial charge in [-0.1, -0.05) is 12.1 Å². The Morgan fingerprint density at radius 2 is 1.84 bits per heavy atom. The van der Waals surface area contributed by atoms with Crippen molar-refractivity contribution in [3.63, 3.8) is 0 Å². The second-order valence-corrected chi connectivity index (χ2v) is 9.25. The quantitative estimate of drug-likeness (QED) is 0.628. The van der Waals surface area contributed by atoms with Gasteiger partial charge in [-0.05, 0) is 63.1 Å². The average molecular weight is 425 g/mol.